The monoisotopic (exact) mass is 243 g/mol. The van der Waals surface area contributed by atoms with Gasteiger partial charge in [-0.15, -0.1) is 6.42 Å². The zero-order valence-electron chi connectivity index (χ0n) is 11.8. The van der Waals surface area contributed by atoms with Gasteiger partial charge >= 0.3 is 0 Å². The average Bonchev–Trinajstić information content (AvgIpc) is 2.38. The maximum absolute atomic E-state index is 5.55. The van der Waals surface area contributed by atoms with E-state index in [9.17, 15) is 0 Å². The number of nitrogens with one attached hydrogen (secondary N) is 1. The van der Waals surface area contributed by atoms with Crippen molar-refractivity contribution in [1.82, 2.24) is 5.32 Å². The number of hydrogen-bond acceptors (Lipinski definition) is 1. The van der Waals surface area contributed by atoms with Crippen molar-refractivity contribution in [2.24, 2.45) is 5.92 Å². The van der Waals surface area contributed by atoms with Crippen molar-refractivity contribution < 1.29 is 0 Å². The van der Waals surface area contributed by atoms with Crippen LogP contribution < -0.4 is 5.32 Å². The average molecular weight is 243 g/mol. The normalized spacial score (nSPS) is 14.2. The second-order valence-corrected chi connectivity index (χ2v) is 5.18. The van der Waals surface area contributed by atoms with Crippen LogP contribution in [0.2, 0.25) is 0 Å². The van der Waals surface area contributed by atoms with Crippen molar-refractivity contribution in [3.8, 4) is 12.3 Å². The Hall–Kier alpha value is -1.26. The summed E-state index contributed by atoms with van der Waals surface area (Å²) in [5, 5.41) is 3.51. The summed E-state index contributed by atoms with van der Waals surface area (Å²) < 4.78 is 0. The Bertz CT molecular complexity index is 361. The Morgan fingerprint density at radius 2 is 1.89 bits per heavy atom. The van der Waals surface area contributed by atoms with Gasteiger partial charge < -0.3 is 5.32 Å². The lowest BCUT2D eigenvalue weighted by Crippen LogP contribution is -2.33. The molecule has 0 radical (unpaired) electrons. The molecule has 0 aliphatic carbocycles. The highest BCUT2D eigenvalue weighted by Crippen LogP contribution is 2.23. The fraction of sp³-hybridized carbons (Fsp3) is 0.529. The molecular formula is C17H25N. The molecule has 0 fully saturated rings. The molecular weight excluding hydrogens is 218 g/mol. The topological polar surface area (TPSA) is 12.0 Å². The first-order valence-corrected chi connectivity index (χ1v) is 6.93. The zero-order chi connectivity index (χ0) is 13.4. The van der Waals surface area contributed by atoms with Crippen LogP contribution in [0.5, 0.6) is 0 Å². The first-order valence-electron chi connectivity index (χ1n) is 6.93. The molecule has 0 spiro atoms. The van der Waals surface area contributed by atoms with Gasteiger partial charge in [0, 0.05) is 6.54 Å². The molecule has 0 bridgehead atoms. The van der Waals surface area contributed by atoms with Crippen LogP contribution in [0.15, 0.2) is 30.3 Å². The minimum atomic E-state index is 0.208. The minimum Gasteiger partial charge on any atom is -0.303 e. The lowest BCUT2D eigenvalue weighted by atomic mass is 9.88. The van der Waals surface area contributed by atoms with Crippen LogP contribution in [0.4, 0.5) is 0 Å². The second kappa shape index (κ2) is 7.95. The molecule has 98 valence electrons. The van der Waals surface area contributed by atoms with E-state index in [-0.39, 0.29) is 6.04 Å². The standard InChI is InChI=1S/C17H25N/c1-5-10-16(6-2)18-13-17(14(3)4)15-11-8-7-9-12-15/h2,7-9,11-12,14,16-18H,5,10,13H2,1,3-4H3. The molecule has 0 aliphatic rings. The summed E-state index contributed by atoms with van der Waals surface area (Å²) in [6.07, 6.45) is 7.72. The van der Waals surface area contributed by atoms with E-state index in [1.165, 1.54) is 5.56 Å². The predicted octanol–water partition coefficient (Wildman–Crippen LogP) is 3.82. The molecule has 1 N–H and O–H groups in total. The molecule has 2 unspecified atom stereocenters. The Morgan fingerprint density at radius 1 is 1.22 bits per heavy atom. The highest BCUT2D eigenvalue weighted by Gasteiger charge is 2.16. The molecule has 1 aromatic carbocycles. The maximum atomic E-state index is 5.55. The molecule has 1 rings (SSSR count). The van der Waals surface area contributed by atoms with E-state index in [0.717, 1.165) is 19.4 Å². The van der Waals surface area contributed by atoms with E-state index in [1.807, 2.05) is 0 Å². The number of rotatable bonds is 7. The van der Waals surface area contributed by atoms with Crippen molar-refractivity contribution in [2.45, 2.75) is 45.6 Å². The molecule has 1 heteroatoms. The van der Waals surface area contributed by atoms with Gasteiger partial charge in [0.2, 0.25) is 0 Å². The van der Waals surface area contributed by atoms with E-state index in [2.05, 4.69) is 62.3 Å². The lowest BCUT2D eigenvalue weighted by molar-refractivity contribution is 0.439. The van der Waals surface area contributed by atoms with Gasteiger partial charge in [-0.2, -0.15) is 0 Å². The summed E-state index contributed by atoms with van der Waals surface area (Å²) in [6, 6.07) is 10.9. The molecule has 0 saturated heterocycles. The Kier molecular flexibility index (Phi) is 6.54. The van der Waals surface area contributed by atoms with Gasteiger partial charge in [-0.3, -0.25) is 0 Å². The van der Waals surface area contributed by atoms with Gasteiger partial charge in [0.05, 0.1) is 6.04 Å². The predicted molar refractivity (Wildman–Crippen MR) is 79.6 cm³/mol. The largest absolute Gasteiger partial charge is 0.303 e. The Morgan fingerprint density at radius 3 is 2.39 bits per heavy atom. The number of benzene rings is 1. The number of terminal acetylenes is 1. The van der Waals surface area contributed by atoms with Crippen molar-refractivity contribution in [3.05, 3.63) is 35.9 Å². The molecule has 18 heavy (non-hydrogen) atoms. The van der Waals surface area contributed by atoms with Crippen LogP contribution in [0.1, 0.15) is 45.1 Å². The highest BCUT2D eigenvalue weighted by atomic mass is 14.9. The fourth-order valence-corrected chi connectivity index (χ4v) is 2.24. The SMILES string of the molecule is C#CC(CCC)NCC(c1ccccc1)C(C)C. The van der Waals surface area contributed by atoms with Gasteiger partial charge in [-0.1, -0.05) is 63.4 Å². The Balaban J connectivity index is 2.62. The molecule has 2 atom stereocenters. The summed E-state index contributed by atoms with van der Waals surface area (Å²) in [5.41, 5.74) is 1.40. The molecule has 0 aliphatic heterocycles. The smallest absolute Gasteiger partial charge is 0.0687 e. The van der Waals surface area contributed by atoms with E-state index >= 15 is 0 Å². The van der Waals surface area contributed by atoms with Crippen LogP contribution in [0, 0.1) is 18.3 Å². The van der Waals surface area contributed by atoms with Crippen molar-refractivity contribution >= 4 is 0 Å². The van der Waals surface area contributed by atoms with Crippen molar-refractivity contribution in [1.29, 1.82) is 0 Å². The van der Waals surface area contributed by atoms with Gasteiger partial charge in [-0.05, 0) is 23.8 Å². The van der Waals surface area contributed by atoms with E-state index in [4.69, 9.17) is 6.42 Å². The van der Waals surface area contributed by atoms with Crippen molar-refractivity contribution in [3.63, 3.8) is 0 Å². The van der Waals surface area contributed by atoms with E-state index < -0.39 is 0 Å². The molecule has 0 heterocycles. The van der Waals surface area contributed by atoms with Gasteiger partial charge in [-0.25, -0.2) is 0 Å². The molecule has 1 nitrogen and oxygen atoms in total. The van der Waals surface area contributed by atoms with Crippen LogP contribution in [0.3, 0.4) is 0 Å². The summed E-state index contributed by atoms with van der Waals surface area (Å²) in [5.74, 6) is 3.98. The second-order valence-electron chi connectivity index (χ2n) is 5.18. The Labute approximate surface area is 112 Å². The number of hydrogen-bond donors (Lipinski definition) is 1. The fourth-order valence-electron chi connectivity index (χ4n) is 2.24. The van der Waals surface area contributed by atoms with Crippen molar-refractivity contribution in [2.75, 3.05) is 6.54 Å². The van der Waals surface area contributed by atoms with Crippen LogP contribution >= 0.6 is 0 Å². The summed E-state index contributed by atoms with van der Waals surface area (Å²) in [7, 11) is 0. The maximum Gasteiger partial charge on any atom is 0.0687 e. The van der Waals surface area contributed by atoms with E-state index in [1.54, 1.807) is 0 Å². The summed E-state index contributed by atoms with van der Waals surface area (Å²) in [4.78, 5) is 0. The third kappa shape index (κ3) is 4.55. The summed E-state index contributed by atoms with van der Waals surface area (Å²) >= 11 is 0. The minimum absolute atomic E-state index is 0.208. The van der Waals surface area contributed by atoms with Gasteiger partial charge in [0.15, 0.2) is 0 Å². The summed E-state index contributed by atoms with van der Waals surface area (Å²) in [6.45, 7) is 7.66. The quantitative estimate of drug-likeness (QED) is 0.718. The van der Waals surface area contributed by atoms with Gasteiger partial charge in [0.25, 0.3) is 0 Å². The molecule has 1 aromatic rings. The molecule has 0 aromatic heterocycles. The zero-order valence-corrected chi connectivity index (χ0v) is 11.8. The van der Waals surface area contributed by atoms with Crippen LogP contribution in [0.25, 0.3) is 0 Å². The van der Waals surface area contributed by atoms with Crippen LogP contribution in [-0.4, -0.2) is 12.6 Å². The highest BCUT2D eigenvalue weighted by molar-refractivity contribution is 5.20. The molecule has 0 saturated carbocycles. The third-order valence-electron chi connectivity index (χ3n) is 3.40. The van der Waals surface area contributed by atoms with E-state index in [0.29, 0.717) is 11.8 Å². The molecule has 0 amide bonds. The van der Waals surface area contributed by atoms with Crippen LogP contribution in [-0.2, 0) is 0 Å². The third-order valence-corrected chi connectivity index (χ3v) is 3.40. The first-order chi connectivity index (χ1) is 8.69. The first kappa shape index (κ1) is 14.8. The lowest BCUT2D eigenvalue weighted by Gasteiger charge is -2.24. The van der Waals surface area contributed by atoms with Gasteiger partial charge in [0.1, 0.15) is 0 Å².